The molecule has 22 heavy (non-hydrogen) atoms. The Morgan fingerprint density at radius 1 is 1.41 bits per heavy atom. The standard InChI is InChI=1S/C17H22ClN3O/c1-10(2)5-6-20-11(3)9-21-16-14(12(20)4)7-13(18)8-15(16)19-17(21)22/h5,7-8,11-12H,6,9H2,1-4H3,(H,19,22)/t11-,12+/m1/s1. The van der Waals surface area contributed by atoms with Crippen LogP contribution in [0.25, 0.3) is 11.0 Å². The van der Waals surface area contributed by atoms with E-state index < -0.39 is 0 Å². The molecule has 0 aliphatic carbocycles. The quantitative estimate of drug-likeness (QED) is 0.857. The summed E-state index contributed by atoms with van der Waals surface area (Å²) < 4.78 is 1.85. The molecule has 0 radical (unpaired) electrons. The fourth-order valence-electron chi connectivity index (χ4n) is 3.35. The molecule has 2 aromatic rings. The number of rotatable bonds is 2. The van der Waals surface area contributed by atoms with Crippen molar-refractivity contribution in [1.82, 2.24) is 14.5 Å². The second-order valence-electron chi connectivity index (χ2n) is 6.44. The van der Waals surface area contributed by atoms with Crippen molar-refractivity contribution in [3.63, 3.8) is 0 Å². The second kappa shape index (κ2) is 5.60. The fourth-order valence-corrected chi connectivity index (χ4v) is 3.58. The van der Waals surface area contributed by atoms with Crippen LogP contribution in [0.3, 0.4) is 0 Å². The van der Waals surface area contributed by atoms with Gasteiger partial charge in [-0.15, -0.1) is 0 Å². The molecule has 1 aromatic carbocycles. The number of hydrogen-bond donors (Lipinski definition) is 1. The summed E-state index contributed by atoms with van der Waals surface area (Å²) in [4.78, 5) is 17.6. The molecule has 5 heteroatoms. The van der Waals surface area contributed by atoms with Crippen LogP contribution in [0.15, 0.2) is 28.6 Å². The predicted molar refractivity (Wildman–Crippen MR) is 91.6 cm³/mol. The summed E-state index contributed by atoms with van der Waals surface area (Å²) in [5, 5.41) is 0.666. The molecule has 1 aliphatic rings. The Morgan fingerprint density at radius 2 is 2.14 bits per heavy atom. The molecule has 1 aliphatic heterocycles. The fraction of sp³-hybridized carbons (Fsp3) is 0.471. The number of aromatic amines is 1. The lowest BCUT2D eigenvalue weighted by atomic mass is 10.0. The molecule has 2 heterocycles. The van der Waals surface area contributed by atoms with E-state index in [4.69, 9.17) is 11.6 Å². The number of allylic oxidation sites excluding steroid dienone is 1. The van der Waals surface area contributed by atoms with Crippen LogP contribution >= 0.6 is 11.6 Å². The van der Waals surface area contributed by atoms with Crippen LogP contribution in [0.1, 0.15) is 39.3 Å². The number of benzene rings is 1. The molecular weight excluding hydrogens is 298 g/mol. The molecule has 3 rings (SSSR count). The largest absolute Gasteiger partial charge is 0.326 e. The first-order valence-electron chi connectivity index (χ1n) is 7.69. The van der Waals surface area contributed by atoms with E-state index in [2.05, 4.69) is 43.7 Å². The minimum Gasteiger partial charge on any atom is -0.305 e. The van der Waals surface area contributed by atoms with Crippen molar-refractivity contribution >= 4 is 22.6 Å². The molecule has 0 fully saturated rings. The molecule has 4 nitrogen and oxygen atoms in total. The topological polar surface area (TPSA) is 41.0 Å². The third-order valence-electron chi connectivity index (χ3n) is 4.53. The van der Waals surface area contributed by atoms with Crippen LogP contribution in [-0.2, 0) is 6.54 Å². The molecule has 0 saturated heterocycles. The van der Waals surface area contributed by atoms with Crippen LogP contribution < -0.4 is 5.69 Å². The zero-order valence-electron chi connectivity index (χ0n) is 13.5. The van der Waals surface area contributed by atoms with Gasteiger partial charge < -0.3 is 4.98 Å². The molecule has 2 atom stereocenters. The lowest BCUT2D eigenvalue weighted by molar-refractivity contribution is 0.165. The van der Waals surface area contributed by atoms with E-state index in [-0.39, 0.29) is 17.8 Å². The van der Waals surface area contributed by atoms with Crippen molar-refractivity contribution in [3.05, 3.63) is 44.9 Å². The lowest BCUT2D eigenvalue weighted by Gasteiger charge is -2.32. The highest BCUT2D eigenvalue weighted by Crippen LogP contribution is 2.34. The summed E-state index contributed by atoms with van der Waals surface area (Å²) in [6.45, 7) is 10.1. The van der Waals surface area contributed by atoms with Gasteiger partial charge in [0.25, 0.3) is 0 Å². The van der Waals surface area contributed by atoms with Gasteiger partial charge in [0.15, 0.2) is 0 Å². The molecule has 0 amide bonds. The minimum absolute atomic E-state index is 0.0540. The molecule has 0 unspecified atom stereocenters. The van der Waals surface area contributed by atoms with E-state index in [1.807, 2.05) is 16.7 Å². The van der Waals surface area contributed by atoms with Gasteiger partial charge >= 0.3 is 5.69 Å². The Labute approximate surface area is 135 Å². The van der Waals surface area contributed by atoms with E-state index in [9.17, 15) is 4.79 Å². The van der Waals surface area contributed by atoms with Crippen LogP contribution in [0, 0.1) is 0 Å². The predicted octanol–water partition coefficient (Wildman–Crippen LogP) is 3.71. The maximum atomic E-state index is 12.3. The number of H-pyrrole nitrogens is 1. The summed E-state index contributed by atoms with van der Waals surface area (Å²) in [6, 6.07) is 4.30. The highest BCUT2D eigenvalue weighted by atomic mass is 35.5. The van der Waals surface area contributed by atoms with Crippen molar-refractivity contribution < 1.29 is 0 Å². The average molecular weight is 320 g/mol. The van der Waals surface area contributed by atoms with Crippen LogP contribution in [0.4, 0.5) is 0 Å². The first kappa shape index (κ1) is 15.4. The van der Waals surface area contributed by atoms with Crippen molar-refractivity contribution in [3.8, 4) is 0 Å². The molecule has 0 saturated carbocycles. The van der Waals surface area contributed by atoms with Gasteiger partial charge in [-0.05, 0) is 45.4 Å². The molecule has 0 spiro atoms. The number of halogens is 1. The molecule has 1 aromatic heterocycles. The Balaban J connectivity index is 2.18. The first-order chi connectivity index (χ1) is 10.4. The highest BCUT2D eigenvalue weighted by molar-refractivity contribution is 6.31. The average Bonchev–Trinajstić information content (AvgIpc) is 2.67. The van der Waals surface area contributed by atoms with E-state index in [0.717, 1.165) is 23.1 Å². The summed E-state index contributed by atoms with van der Waals surface area (Å²) in [5.41, 5.74) is 4.19. The third kappa shape index (κ3) is 2.50. The van der Waals surface area contributed by atoms with Gasteiger partial charge in [0.05, 0.1) is 11.0 Å². The Morgan fingerprint density at radius 3 is 2.82 bits per heavy atom. The van der Waals surface area contributed by atoms with Crippen molar-refractivity contribution in [1.29, 1.82) is 0 Å². The van der Waals surface area contributed by atoms with Gasteiger partial charge in [0, 0.05) is 30.2 Å². The Bertz CT molecular complexity index is 798. The zero-order chi connectivity index (χ0) is 16.0. The van der Waals surface area contributed by atoms with E-state index in [1.165, 1.54) is 5.57 Å². The zero-order valence-corrected chi connectivity index (χ0v) is 14.2. The first-order valence-corrected chi connectivity index (χ1v) is 8.07. The van der Waals surface area contributed by atoms with Gasteiger partial charge in [-0.1, -0.05) is 23.3 Å². The molecular formula is C17H22ClN3O. The third-order valence-corrected chi connectivity index (χ3v) is 4.75. The Hall–Kier alpha value is -1.52. The van der Waals surface area contributed by atoms with Gasteiger partial charge in [-0.2, -0.15) is 0 Å². The molecule has 1 N–H and O–H groups in total. The van der Waals surface area contributed by atoms with E-state index >= 15 is 0 Å². The number of imidazole rings is 1. The van der Waals surface area contributed by atoms with Crippen LogP contribution in [0.2, 0.25) is 5.02 Å². The summed E-state index contributed by atoms with van der Waals surface area (Å²) in [6.07, 6.45) is 2.24. The van der Waals surface area contributed by atoms with Gasteiger partial charge in [0.1, 0.15) is 0 Å². The maximum Gasteiger partial charge on any atom is 0.326 e. The monoisotopic (exact) mass is 319 g/mol. The summed E-state index contributed by atoms with van der Waals surface area (Å²) >= 11 is 6.26. The maximum absolute atomic E-state index is 12.3. The van der Waals surface area contributed by atoms with Crippen molar-refractivity contribution in [2.45, 2.75) is 46.3 Å². The van der Waals surface area contributed by atoms with Crippen molar-refractivity contribution in [2.24, 2.45) is 0 Å². The lowest BCUT2D eigenvalue weighted by Crippen LogP contribution is -2.38. The number of aromatic nitrogens is 2. The number of hydrogen-bond acceptors (Lipinski definition) is 2. The van der Waals surface area contributed by atoms with Crippen LogP contribution in [-0.4, -0.2) is 27.0 Å². The molecule has 118 valence electrons. The smallest absolute Gasteiger partial charge is 0.305 e. The number of nitrogens with one attached hydrogen (secondary N) is 1. The van der Waals surface area contributed by atoms with Crippen LogP contribution in [0.5, 0.6) is 0 Å². The van der Waals surface area contributed by atoms with Gasteiger partial charge in [0.2, 0.25) is 0 Å². The summed E-state index contributed by atoms with van der Waals surface area (Å²) in [7, 11) is 0. The number of nitrogens with zero attached hydrogens (tertiary/aromatic N) is 2. The Kier molecular flexibility index (Phi) is 3.91. The van der Waals surface area contributed by atoms with Gasteiger partial charge in [-0.3, -0.25) is 9.47 Å². The molecule has 0 bridgehead atoms. The SMILES string of the molecule is CC(C)=CCN1[C@H](C)Cn2c(=O)[nH]c3cc(Cl)cc(c32)[C@@H]1C. The minimum atomic E-state index is -0.0540. The van der Waals surface area contributed by atoms with Gasteiger partial charge in [-0.25, -0.2) is 4.79 Å². The summed E-state index contributed by atoms with van der Waals surface area (Å²) in [5.74, 6) is 0. The van der Waals surface area contributed by atoms with E-state index in [0.29, 0.717) is 11.6 Å². The van der Waals surface area contributed by atoms with Crippen molar-refractivity contribution in [2.75, 3.05) is 6.54 Å². The second-order valence-corrected chi connectivity index (χ2v) is 6.87. The normalized spacial score (nSPS) is 21.9. The van der Waals surface area contributed by atoms with E-state index in [1.54, 1.807) is 0 Å². The highest BCUT2D eigenvalue weighted by Gasteiger charge is 2.29.